The van der Waals surface area contributed by atoms with Crippen LogP contribution in [0.25, 0.3) is 0 Å². The van der Waals surface area contributed by atoms with Gasteiger partial charge in [-0.2, -0.15) is 0 Å². The standard InChI is InChI=1S/C16H33N3/c1-3-5-10-19-13-8-16(9-14-19)17-15-6-11-18(4-2)12-7-15/h15-17H,3-14H2,1-2H3. The van der Waals surface area contributed by atoms with Gasteiger partial charge in [0.15, 0.2) is 0 Å². The largest absolute Gasteiger partial charge is 0.311 e. The molecule has 2 saturated heterocycles. The molecule has 0 spiro atoms. The van der Waals surface area contributed by atoms with Gasteiger partial charge in [-0.15, -0.1) is 0 Å². The highest BCUT2D eigenvalue weighted by Gasteiger charge is 2.23. The molecular formula is C16H33N3. The molecule has 112 valence electrons. The minimum Gasteiger partial charge on any atom is -0.311 e. The van der Waals surface area contributed by atoms with Crippen molar-refractivity contribution in [3.05, 3.63) is 0 Å². The Morgan fingerprint density at radius 3 is 1.84 bits per heavy atom. The molecule has 2 heterocycles. The van der Waals surface area contributed by atoms with E-state index in [1.165, 1.54) is 77.8 Å². The molecule has 0 bridgehead atoms. The molecule has 0 aliphatic carbocycles. The number of nitrogens with one attached hydrogen (secondary N) is 1. The summed E-state index contributed by atoms with van der Waals surface area (Å²) in [6.45, 7) is 12.3. The molecule has 2 aliphatic heterocycles. The Morgan fingerprint density at radius 2 is 1.37 bits per heavy atom. The van der Waals surface area contributed by atoms with Crippen molar-refractivity contribution in [3.63, 3.8) is 0 Å². The Balaban J connectivity index is 1.60. The van der Waals surface area contributed by atoms with Gasteiger partial charge in [0.25, 0.3) is 0 Å². The Hall–Kier alpha value is -0.120. The van der Waals surface area contributed by atoms with Gasteiger partial charge in [0.1, 0.15) is 0 Å². The van der Waals surface area contributed by atoms with Crippen LogP contribution in [-0.4, -0.2) is 61.2 Å². The number of likely N-dealkylation sites (tertiary alicyclic amines) is 2. The van der Waals surface area contributed by atoms with Crippen LogP contribution in [0, 0.1) is 0 Å². The van der Waals surface area contributed by atoms with Crippen molar-refractivity contribution in [2.24, 2.45) is 0 Å². The fourth-order valence-electron chi connectivity index (χ4n) is 3.45. The fourth-order valence-corrected chi connectivity index (χ4v) is 3.45. The highest BCUT2D eigenvalue weighted by Crippen LogP contribution is 2.16. The third-order valence-corrected chi connectivity index (χ3v) is 4.92. The maximum Gasteiger partial charge on any atom is 0.00940 e. The van der Waals surface area contributed by atoms with Crippen LogP contribution < -0.4 is 5.32 Å². The van der Waals surface area contributed by atoms with E-state index in [4.69, 9.17) is 0 Å². The van der Waals surface area contributed by atoms with E-state index in [-0.39, 0.29) is 0 Å². The molecule has 2 rings (SSSR count). The maximum absolute atomic E-state index is 3.93. The molecule has 3 nitrogen and oxygen atoms in total. The number of nitrogens with zero attached hydrogens (tertiary/aromatic N) is 2. The van der Waals surface area contributed by atoms with Crippen molar-refractivity contribution in [2.45, 2.75) is 64.5 Å². The normalized spacial score (nSPS) is 24.9. The summed E-state index contributed by atoms with van der Waals surface area (Å²) in [7, 11) is 0. The van der Waals surface area contributed by atoms with Crippen LogP contribution in [0.4, 0.5) is 0 Å². The summed E-state index contributed by atoms with van der Waals surface area (Å²) in [6.07, 6.45) is 8.12. The van der Waals surface area contributed by atoms with E-state index in [1.54, 1.807) is 0 Å². The molecule has 2 aliphatic rings. The third kappa shape index (κ3) is 5.05. The second-order valence-electron chi connectivity index (χ2n) is 6.34. The second kappa shape index (κ2) is 8.23. The predicted octanol–water partition coefficient (Wildman–Crippen LogP) is 2.32. The molecule has 19 heavy (non-hydrogen) atoms. The summed E-state index contributed by atoms with van der Waals surface area (Å²) in [4.78, 5) is 5.23. The molecule has 0 aromatic rings. The Kier molecular flexibility index (Phi) is 6.62. The van der Waals surface area contributed by atoms with Gasteiger partial charge in [-0.25, -0.2) is 0 Å². The fraction of sp³-hybridized carbons (Fsp3) is 1.00. The van der Waals surface area contributed by atoms with Gasteiger partial charge in [-0.1, -0.05) is 20.3 Å². The Bertz CT molecular complexity index is 228. The van der Waals surface area contributed by atoms with Gasteiger partial charge in [-0.05, 0) is 71.4 Å². The zero-order valence-corrected chi connectivity index (χ0v) is 13.0. The number of piperidine rings is 2. The maximum atomic E-state index is 3.93. The number of hydrogen-bond acceptors (Lipinski definition) is 3. The van der Waals surface area contributed by atoms with E-state index in [9.17, 15) is 0 Å². The van der Waals surface area contributed by atoms with Gasteiger partial charge in [0.2, 0.25) is 0 Å². The van der Waals surface area contributed by atoms with Gasteiger partial charge in [0, 0.05) is 12.1 Å². The molecule has 0 aromatic heterocycles. The number of hydrogen-bond donors (Lipinski definition) is 1. The number of rotatable bonds is 6. The molecule has 3 heteroatoms. The molecule has 0 radical (unpaired) electrons. The minimum atomic E-state index is 0.787. The molecular weight excluding hydrogens is 234 g/mol. The van der Waals surface area contributed by atoms with Crippen molar-refractivity contribution in [3.8, 4) is 0 Å². The van der Waals surface area contributed by atoms with Gasteiger partial charge in [-0.3, -0.25) is 0 Å². The summed E-state index contributed by atoms with van der Waals surface area (Å²) < 4.78 is 0. The third-order valence-electron chi connectivity index (χ3n) is 4.92. The van der Waals surface area contributed by atoms with Crippen LogP contribution in [-0.2, 0) is 0 Å². The molecule has 0 atom stereocenters. The number of unbranched alkanes of at least 4 members (excludes halogenated alkanes) is 1. The average Bonchev–Trinajstić information content (AvgIpc) is 2.47. The zero-order chi connectivity index (χ0) is 13.5. The Morgan fingerprint density at radius 1 is 0.842 bits per heavy atom. The van der Waals surface area contributed by atoms with E-state index in [0.29, 0.717) is 0 Å². The summed E-state index contributed by atoms with van der Waals surface area (Å²) >= 11 is 0. The Labute approximate surface area is 119 Å². The first-order valence-corrected chi connectivity index (χ1v) is 8.52. The smallest absolute Gasteiger partial charge is 0.00940 e. The quantitative estimate of drug-likeness (QED) is 0.797. The first kappa shape index (κ1) is 15.3. The van der Waals surface area contributed by atoms with Crippen molar-refractivity contribution >= 4 is 0 Å². The van der Waals surface area contributed by atoms with Gasteiger partial charge < -0.3 is 15.1 Å². The van der Waals surface area contributed by atoms with Crippen molar-refractivity contribution in [2.75, 3.05) is 39.3 Å². The summed E-state index contributed by atoms with van der Waals surface area (Å²) in [5.74, 6) is 0. The average molecular weight is 267 g/mol. The summed E-state index contributed by atoms with van der Waals surface area (Å²) in [6, 6.07) is 1.58. The molecule has 0 unspecified atom stereocenters. The SMILES string of the molecule is CCCCN1CCC(NC2CCN(CC)CC2)CC1. The lowest BCUT2D eigenvalue weighted by molar-refractivity contribution is 0.161. The highest BCUT2D eigenvalue weighted by molar-refractivity contribution is 4.83. The van der Waals surface area contributed by atoms with Crippen LogP contribution in [0.2, 0.25) is 0 Å². The van der Waals surface area contributed by atoms with Crippen LogP contribution in [0.3, 0.4) is 0 Å². The molecule has 0 amide bonds. The lowest BCUT2D eigenvalue weighted by Crippen LogP contribution is -2.49. The van der Waals surface area contributed by atoms with E-state index in [2.05, 4.69) is 29.0 Å². The molecule has 0 aromatic carbocycles. The van der Waals surface area contributed by atoms with E-state index >= 15 is 0 Å². The monoisotopic (exact) mass is 267 g/mol. The zero-order valence-electron chi connectivity index (χ0n) is 13.0. The first-order valence-electron chi connectivity index (χ1n) is 8.52. The van der Waals surface area contributed by atoms with Gasteiger partial charge in [0.05, 0.1) is 0 Å². The highest BCUT2D eigenvalue weighted by atomic mass is 15.2. The minimum absolute atomic E-state index is 0.787. The first-order chi connectivity index (χ1) is 9.31. The van der Waals surface area contributed by atoms with Crippen molar-refractivity contribution in [1.82, 2.24) is 15.1 Å². The summed E-state index contributed by atoms with van der Waals surface area (Å²) in [5.41, 5.74) is 0. The van der Waals surface area contributed by atoms with Gasteiger partial charge >= 0.3 is 0 Å². The predicted molar refractivity (Wildman–Crippen MR) is 82.6 cm³/mol. The summed E-state index contributed by atoms with van der Waals surface area (Å²) in [5, 5.41) is 3.93. The lowest BCUT2D eigenvalue weighted by Gasteiger charge is -2.37. The molecule has 0 saturated carbocycles. The van der Waals surface area contributed by atoms with Crippen molar-refractivity contribution in [1.29, 1.82) is 0 Å². The van der Waals surface area contributed by atoms with Crippen LogP contribution in [0.15, 0.2) is 0 Å². The lowest BCUT2D eigenvalue weighted by atomic mass is 9.99. The van der Waals surface area contributed by atoms with Crippen molar-refractivity contribution < 1.29 is 0 Å². The van der Waals surface area contributed by atoms with Crippen LogP contribution >= 0.6 is 0 Å². The van der Waals surface area contributed by atoms with Crippen LogP contribution in [0.1, 0.15) is 52.4 Å². The van der Waals surface area contributed by atoms with E-state index in [0.717, 1.165) is 12.1 Å². The van der Waals surface area contributed by atoms with Crippen LogP contribution in [0.5, 0.6) is 0 Å². The topological polar surface area (TPSA) is 18.5 Å². The second-order valence-corrected chi connectivity index (χ2v) is 6.34. The van der Waals surface area contributed by atoms with E-state index < -0.39 is 0 Å². The van der Waals surface area contributed by atoms with E-state index in [1.807, 2.05) is 0 Å². The molecule has 2 fully saturated rings. The molecule has 1 N–H and O–H groups in total.